The molecule has 0 saturated carbocycles. The number of phenols is 1. The first-order valence-corrected chi connectivity index (χ1v) is 6.76. The number of aliphatic hydroxyl groups is 1. The van der Waals surface area contributed by atoms with Crippen LogP contribution in [0.1, 0.15) is 38.3 Å². The highest BCUT2D eigenvalue weighted by atomic mass is 16.6. The summed E-state index contributed by atoms with van der Waals surface area (Å²) in [7, 11) is 1.29. The van der Waals surface area contributed by atoms with Crippen molar-refractivity contribution in [1.82, 2.24) is 0 Å². The molecule has 0 aliphatic carbocycles. The van der Waals surface area contributed by atoms with Crippen molar-refractivity contribution in [3.05, 3.63) is 27.8 Å². The molecule has 4 N–H and O–H groups in total. The molecule has 7 heteroatoms. The Balaban J connectivity index is 3.06. The second kappa shape index (κ2) is 7.24. The molecule has 1 aromatic carbocycles. The maximum atomic E-state index is 10.9. The second-order valence-corrected chi connectivity index (χ2v) is 5.41. The topological polar surface area (TPSA) is 119 Å². The Morgan fingerprint density at radius 1 is 1.38 bits per heavy atom. The van der Waals surface area contributed by atoms with Gasteiger partial charge in [-0.15, -0.1) is 0 Å². The third kappa shape index (κ3) is 4.30. The minimum Gasteiger partial charge on any atom is -0.500 e. The lowest BCUT2D eigenvalue weighted by molar-refractivity contribution is -0.386. The Bertz CT molecular complexity index is 504. The van der Waals surface area contributed by atoms with E-state index in [2.05, 4.69) is 0 Å². The maximum absolute atomic E-state index is 10.9. The molecule has 1 rings (SSSR count). The standard InChI is InChI=1S/C14H22N2O5/c1-8(2)4-5-11(17)13(15)9-6-10(16(19)20)14(18)12(7-9)21-3/h6-8,11,13,17-18H,4-5,15H2,1-3H3/t11-,13+/m1/s1. The highest BCUT2D eigenvalue weighted by Crippen LogP contribution is 2.38. The molecule has 0 amide bonds. The number of nitro benzene ring substituents is 1. The lowest BCUT2D eigenvalue weighted by Crippen LogP contribution is -2.26. The number of benzene rings is 1. The largest absolute Gasteiger partial charge is 0.500 e. The number of methoxy groups -OCH3 is 1. The quantitative estimate of drug-likeness (QED) is 0.524. The summed E-state index contributed by atoms with van der Waals surface area (Å²) in [4.78, 5) is 10.2. The smallest absolute Gasteiger partial charge is 0.314 e. The second-order valence-electron chi connectivity index (χ2n) is 5.41. The number of rotatable bonds is 7. The minimum atomic E-state index is -0.818. The van der Waals surface area contributed by atoms with Crippen LogP contribution in [0.25, 0.3) is 0 Å². The number of hydrogen-bond acceptors (Lipinski definition) is 6. The summed E-state index contributed by atoms with van der Waals surface area (Å²) < 4.78 is 4.91. The van der Waals surface area contributed by atoms with E-state index in [0.29, 0.717) is 17.9 Å². The van der Waals surface area contributed by atoms with E-state index in [1.165, 1.54) is 19.2 Å². The van der Waals surface area contributed by atoms with Crippen LogP contribution in [0.5, 0.6) is 11.5 Å². The molecule has 0 aliphatic rings. The molecule has 0 aromatic heterocycles. The number of nitrogens with two attached hydrogens (primary N) is 1. The fourth-order valence-electron chi connectivity index (χ4n) is 2.01. The zero-order valence-electron chi connectivity index (χ0n) is 12.4. The van der Waals surface area contributed by atoms with Gasteiger partial charge in [0.1, 0.15) is 0 Å². The first-order chi connectivity index (χ1) is 9.77. The van der Waals surface area contributed by atoms with Gasteiger partial charge in [0, 0.05) is 6.07 Å². The SMILES string of the molecule is COc1cc([C@H](N)[C@H](O)CCC(C)C)cc([N+](=O)[O-])c1O. The van der Waals surface area contributed by atoms with Crippen LogP contribution in [0.15, 0.2) is 12.1 Å². The van der Waals surface area contributed by atoms with E-state index >= 15 is 0 Å². The van der Waals surface area contributed by atoms with Crippen molar-refractivity contribution in [3.63, 3.8) is 0 Å². The van der Waals surface area contributed by atoms with Crippen LogP contribution in [-0.2, 0) is 0 Å². The lowest BCUT2D eigenvalue weighted by atomic mass is 9.95. The van der Waals surface area contributed by atoms with Crippen LogP contribution in [0.2, 0.25) is 0 Å². The summed E-state index contributed by atoms with van der Waals surface area (Å²) in [6, 6.07) is 1.80. The number of aliphatic hydroxyl groups excluding tert-OH is 1. The average molecular weight is 298 g/mol. The zero-order chi connectivity index (χ0) is 16.2. The van der Waals surface area contributed by atoms with Crippen LogP contribution < -0.4 is 10.5 Å². The highest BCUT2D eigenvalue weighted by Gasteiger charge is 2.25. The summed E-state index contributed by atoms with van der Waals surface area (Å²) in [6.45, 7) is 4.07. The molecule has 0 bridgehead atoms. The minimum absolute atomic E-state index is 0.0364. The molecular formula is C14H22N2O5. The van der Waals surface area contributed by atoms with Crippen molar-refractivity contribution >= 4 is 5.69 Å². The first-order valence-electron chi connectivity index (χ1n) is 6.76. The number of nitrogens with zero attached hydrogens (tertiary/aromatic N) is 1. The van der Waals surface area contributed by atoms with Crippen LogP contribution >= 0.6 is 0 Å². The third-order valence-corrected chi connectivity index (χ3v) is 3.33. The molecule has 0 radical (unpaired) electrons. The summed E-state index contributed by atoms with van der Waals surface area (Å²) in [6.07, 6.45) is 0.475. The van der Waals surface area contributed by atoms with E-state index in [1.807, 2.05) is 13.8 Å². The van der Waals surface area contributed by atoms with E-state index in [-0.39, 0.29) is 5.75 Å². The van der Waals surface area contributed by atoms with E-state index in [4.69, 9.17) is 10.5 Å². The van der Waals surface area contributed by atoms with Gasteiger partial charge in [-0.3, -0.25) is 10.1 Å². The Morgan fingerprint density at radius 3 is 2.48 bits per heavy atom. The van der Waals surface area contributed by atoms with Gasteiger partial charge in [-0.1, -0.05) is 13.8 Å². The first kappa shape index (κ1) is 17.2. The number of nitro groups is 1. The van der Waals surface area contributed by atoms with Gasteiger partial charge >= 0.3 is 5.69 Å². The molecule has 21 heavy (non-hydrogen) atoms. The molecule has 0 saturated heterocycles. The van der Waals surface area contributed by atoms with Gasteiger partial charge in [-0.05, 0) is 30.4 Å². The fraction of sp³-hybridized carbons (Fsp3) is 0.571. The summed E-state index contributed by atoms with van der Waals surface area (Å²) in [5, 5.41) is 30.7. The highest BCUT2D eigenvalue weighted by molar-refractivity contribution is 5.57. The van der Waals surface area contributed by atoms with Gasteiger partial charge < -0.3 is 20.7 Å². The van der Waals surface area contributed by atoms with Gasteiger partial charge in [0.15, 0.2) is 5.75 Å². The van der Waals surface area contributed by atoms with Gasteiger partial charge in [0.05, 0.1) is 24.2 Å². The summed E-state index contributed by atoms with van der Waals surface area (Å²) in [5.74, 6) is -0.156. The lowest BCUT2D eigenvalue weighted by Gasteiger charge is -2.20. The average Bonchev–Trinajstić information content (AvgIpc) is 2.43. The van der Waals surface area contributed by atoms with E-state index in [1.54, 1.807) is 0 Å². The van der Waals surface area contributed by atoms with Crippen LogP contribution in [0.3, 0.4) is 0 Å². The van der Waals surface area contributed by atoms with Crippen LogP contribution in [0, 0.1) is 16.0 Å². The van der Waals surface area contributed by atoms with Crippen LogP contribution in [0.4, 0.5) is 5.69 Å². The molecule has 0 fully saturated rings. The van der Waals surface area contributed by atoms with Crippen molar-refractivity contribution in [2.75, 3.05) is 7.11 Å². The van der Waals surface area contributed by atoms with Gasteiger partial charge in [-0.25, -0.2) is 0 Å². The molecule has 7 nitrogen and oxygen atoms in total. The molecular weight excluding hydrogens is 276 g/mol. The van der Waals surface area contributed by atoms with Gasteiger partial charge in [0.2, 0.25) is 5.75 Å². The zero-order valence-corrected chi connectivity index (χ0v) is 12.4. The number of hydrogen-bond donors (Lipinski definition) is 3. The van der Waals surface area contributed by atoms with Crippen molar-refractivity contribution in [2.45, 2.75) is 38.8 Å². The normalized spacial score (nSPS) is 14.0. The Kier molecular flexibility index (Phi) is 5.92. The molecule has 118 valence electrons. The molecule has 1 aromatic rings. The fourth-order valence-corrected chi connectivity index (χ4v) is 2.01. The molecule has 2 atom stereocenters. The monoisotopic (exact) mass is 298 g/mol. The van der Waals surface area contributed by atoms with Crippen LogP contribution in [-0.4, -0.2) is 28.4 Å². The number of aromatic hydroxyl groups is 1. The summed E-state index contributed by atoms with van der Waals surface area (Å²) in [5.41, 5.74) is 5.82. The number of phenolic OH excluding ortho intramolecular Hbond substituents is 1. The maximum Gasteiger partial charge on any atom is 0.314 e. The van der Waals surface area contributed by atoms with Crippen molar-refractivity contribution in [2.24, 2.45) is 11.7 Å². The van der Waals surface area contributed by atoms with Gasteiger partial charge in [-0.2, -0.15) is 0 Å². The third-order valence-electron chi connectivity index (χ3n) is 3.33. The number of ether oxygens (including phenoxy) is 1. The van der Waals surface area contributed by atoms with E-state index in [9.17, 15) is 20.3 Å². The molecule has 0 aliphatic heterocycles. The van der Waals surface area contributed by atoms with E-state index < -0.39 is 28.5 Å². The Labute approximate surface area is 123 Å². The van der Waals surface area contributed by atoms with Crippen molar-refractivity contribution in [3.8, 4) is 11.5 Å². The Hall–Kier alpha value is -1.86. The van der Waals surface area contributed by atoms with Gasteiger partial charge in [0.25, 0.3) is 0 Å². The van der Waals surface area contributed by atoms with Crippen molar-refractivity contribution in [1.29, 1.82) is 0 Å². The predicted molar refractivity (Wildman–Crippen MR) is 78.3 cm³/mol. The molecule has 0 spiro atoms. The molecule has 0 unspecified atom stereocenters. The Morgan fingerprint density at radius 2 is 2.00 bits per heavy atom. The summed E-state index contributed by atoms with van der Waals surface area (Å²) >= 11 is 0. The predicted octanol–water partition coefficient (Wildman–Crippen LogP) is 2.11. The van der Waals surface area contributed by atoms with Crippen molar-refractivity contribution < 1.29 is 19.9 Å². The van der Waals surface area contributed by atoms with E-state index in [0.717, 1.165) is 6.42 Å². The molecule has 0 heterocycles.